The summed E-state index contributed by atoms with van der Waals surface area (Å²) in [5.74, 6) is 4.99. The molecule has 0 spiro atoms. The molecule has 2 saturated heterocycles. The second-order valence-electron chi connectivity index (χ2n) is 7.40. The Hall–Kier alpha value is -1.24. The Morgan fingerprint density at radius 3 is 2.59 bits per heavy atom. The zero-order valence-electron chi connectivity index (χ0n) is 16.5. The van der Waals surface area contributed by atoms with Crippen molar-refractivity contribution in [3.8, 4) is 5.75 Å². The maximum atomic E-state index is 12.5. The van der Waals surface area contributed by atoms with Crippen molar-refractivity contribution in [3.63, 3.8) is 0 Å². The number of rotatable bonds is 7. The quantitative estimate of drug-likeness (QED) is 0.520. The van der Waals surface area contributed by atoms with E-state index < -0.39 is 0 Å². The topological polar surface area (TPSA) is 29.5 Å². The molecule has 2 aliphatic rings. The van der Waals surface area contributed by atoms with E-state index >= 15 is 0 Å². The van der Waals surface area contributed by atoms with E-state index in [1.165, 1.54) is 28.4 Å². The molecule has 154 valence electrons. The summed E-state index contributed by atoms with van der Waals surface area (Å²) in [4.78, 5) is 15.8. The van der Waals surface area contributed by atoms with Crippen molar-refractivity contribution in [1.82, 2.24) is 4.90 Å². The summed E-state index contributed by atoms with van der Waals surface area (Å²) < 4.78 is 6.31. The first-order chi connectivity index (χ1) is 14.3. The molecule has 0 radical (unpaired) electrons. The van der Waals surface area contributed by atoms with Gasteiger partial charge in [0.15, 0.2) is 6.61 Å². The molecule has 0 bridgehead atoms. The maximum absolute atomic E-state index is 12.5. The molecule has 2 aromatic rings. The van der Waals surface area contributed by atoms with Crippen LogP contribution in [0.15, 0.2) is 59.5 Å². The fourth-order valence-corrected chi connectivity index (χ4v) is 7.51. The molecule has 1 amide bonds. The van der Waals surface area contributed by atoms with Crippen molar-refractivity contribution in [2.24, 2.45) is 5.92 Å². The van der Waals surface area contributed by atoms with Crippen LogP contribution in [-0.4, -0.2) is 47.8 Å². The predicted molar refractivity (Wildman–Crippen MR) is 126 cm³/mol. The second kappa shape index (κ2) is 10.7. The summed E-state index contributed by atoms with van der Waals surface area (Å²) in [5, 5.41) is 0. The summed E-state index contributed by atoms with van der Waals surface area (Å²) >= 11 is 5.92. The van der Waals surface area contributed by atoms with Crippen molar-refractivity contribution in [2.75, 3.05) is 37.0 Å². The molecule has 0 saturated carbocycles. The van der Waals surface area contributed by atoms with Crippen LogP contribution in [0.3, 0.4) is 0 Å². The van der Waals surface area contributed by atoms with E-state index in [9.17, 15) is 4.79 Å². The lowest BCUT2D eigenvalue weighted by atomic mass is 10.2. The van der Waals surface area contributed by atoms with E-state index in [1.807, 2.05) is 58.4 Å². The van der Waals surface area contributed by atoms with E-state index in [0.717, 1.165) is 31.0 Å². The number of ether oxygens (including phenoxy) is 1. The highest BCUT2D eigenvalue weighted by Crippen LogP contribution is 2.43. The molecule has 3 nitrogen and oxygen atoms in total. The smallest absolute Gasteiger partial charge is 0.260 e. The van der Waals surface area contributed by atoms with Gasteiger partial charge in [-0.3, -0.25) is 4.79 Å². The number of hydrogen-bond acceptors (Lipinski definition) is 5. The number of hydrogen-bond donors (Lipinski definition) is 0. The molecule has 0 aromatic heterocycles. The molecule has 1 atom stereocenters. The number of likely N-dealkylation sites (tertiary alicyclic amines) is 1. The van der Waals surface area contributed by atoms with E-state index in [2.05, 4.69) is 36.4 Å². The average Bonchev–Trinajstić information content (AvgIpc) is 3.27. The third-order valence-corrected chi connectivity index (χ3v) is 9.47. The second-order valence-corrected chi connectivity index (χ2v) is 11.2. The first-order valence-electron chi connectivity index (χ1n) is 10.2. The molecule has 2 heterocycles. The van der Waals surface area contributed by atoms with E-state index in [1.54, 1.807) is 0 Å². The highest BCUT2D eigenvalue weighted by molar-refractivity contribution is 8.16. The molecule has 29 heavy (non-hydrogen) atoms. The highest BCUT2D eigenvalue weighted by atomic mass is 32.2. The number of benzene rings is 2. The van der Waals surface area contributed by atoms with Crippen molar-refractivity contribution in [3.05, 3.63) is 60.2 Å². The number of carbonyl (C=O) groups is 1. The molecule has 4 rings (SSSR count). The first-order valence-corrected chi connectivity index (χ1v) is 13.3. The Morgan fingerprint density at radius 2 is 1.83 bits per heavy atom. The zero-order valence-corrected chi connectivity index (χ0v) is 18.9. The number of carbonyl (C=O) groups excluding carboxylic acids is 1. The van der Waals surface area contributed by atoms with Crippen molar-refractivity contribution >= 4 is 41.2 Å². The van der Waals surface area contributed by atoms with Gasteiger partial charge in [0.1, 0.15) is 5.75 Å². The molecular weight excluding hydrogens is 418 g/mol. The Bertz CT molecular complexity index is 778. The largest absolute Gasteiger partial charge is 0.484 e. The van der Waals surface area contributed by atoms with Crippen LogP contribution in [0.5, 0.6) is 5.75 Å². The van der Waals surface area contributed by atoms with Gasteiger partial charge in [-0.2, -0.15) is 0 Å². The van der Waals surface area contributed by atoms with Crippen LogP contribution in [0.2, 0.25) is 0 Å². The predicted octanol–water partition coefficient (Wildman–Crippen LogP) is 5.57. The molecule has 6 heteroatoms. The monoisotopic (exact) mass is 445 g/mol. The van der Waals surface area contributed by atoms with Gasteiger partial charge in [-0.05, 0) is 60.1 Å². The van der Waals surface area contributed by atoms with E-state index in [4.69, 9.17) is 4.74 Å². The Labute approximate surface area is 186 Å². The summed E-state index contributed by atoms with van der Waals surface area (Å²) in [6.07, 6.45) is 2.38. The van der Waals surface area contributed by atoms with Crippen LogP contribution in [0.4, 0.5) is 0 Å². The third-order valence-electron chi connectivity index (χ3n) is 5.21. The van der Waals surface area contributed by atoms with Crippen LogP contribution < -0.4 is 4.74 Å². The van der Waals surface area contributed by atoms with Gasteiger partial charge in [0.05, 0.1) is 4.58 Å². The van der Waals surface area contributed by atoms with Crippen LogP contribution in [-0.2, 0) is 4.79 Å². The van der Waals surface area contributed by atoms with Gasteiger partial charge in [-0.1, -0.05) is 30.3 Å². The molecule has 2 aliphatic heterocycles. The number of nitrogens with zero attached hydrogens (tertiary/aromatic N) is 1. The van der Waals surface area contributed by atoms with Crippen molar-refractivity contribution < 1.29 is 9.53 Å². The molecule has 2 fully saturated rings. The van der Waals surface area contributed by atoms with Gasteiger partial charge in [-0.15, -0.1) is 35.3 Å². The standard InChI is InChI=1S/C23H27NO2S3/c25-22(24-12-11-18(15-24)17-29-21-5-2-1-3-6-21)16-26-20-9-7-19(8-10-20)23-27-13-4-14-28-23/h1-3,5-10,18,23H,4,11-17H2/t18-/m1/s1. The molecular formula is C23H27NO2S3. The van der Waals surface area contributed by atoms with Gasteiger partial charge < -0.3 is 9.64 Å². The van der Waals surface area contributed by atoms with Crippen LogP contribution in [0, 0.1) is 5.92 Å². The van der Waals surface area contributed by atoms with Crippen LogP contribution in [0.25, 0.3) is 0 Å². The first kappa shape index (κ1) is 21.0. The molecule has 2 aromatic carbocycles. The Balaban J connectivity index is 1.19. The maximum Gasteiger partial charge on any atom is 0.260 e. The van der Waals surface area contributed by atoms with Gasteiger partial charge in [-0.25, -0.2) is 0 Å². The number of amides is 1. The van der Waals surface area contributed by atoms with E-state index in [-0.39, 0.29) is 12.5 Å². The highest BCUT2D eigenvalue weighted by Gasteiger charge is 2.26. The lowest BCUT2D eigenvalue weighted by Gasteiger charge is -2.21. The summed E-state index contributed by atoms with van der Waals surface area (Å²) in [6.45, 7) is 1.82. The van der Waals surface area contributed by atoms with Crippen LogP contribution >= 0.6 is 35.3 Å². The van der Waals surface area contributed by atoms with Crippen molar-refractivity contribution in [2.45, 2.75) is 22.3 Å². The Morgan fingerprint density at radius 1 is 1.07 bits per heavy atom. The summed E-state index contributed by atoms with van der Waals surface area (Å²) in [5.41, 5.74) is 1.34. The van der Waals surface area contributed by atoms with Gasteiger partial charge in [0.25, 0.3) is 5.91 Å². The fraction of sp³-hybridized carbons (Fsp3) is 0.435. The Kier molecular flexibility index (Phi) is 7.74. The van der Waals surface area contributed by atoms with Crippen LogP contribution in [0.1, 0.15) is 23.0 Å². The van der Waals surface area contributed by atoms with Gasteiger partial charge >= 0.3 is 0 Å². The normalized spacial score (nSPS) is 20.0. The molecule has 0 aliphatic carbocycles. The van der Waals surface area contributed by atoms with Crippen molar-refractivity contribution in [1.29, 1.82) is 0 Å². The van der Waals surface area contributed by atoms with Gasteiger partial charge in [0.2, 0.25) is 0 Å². The molecule has 0 N–H and O–H groups in total. The average molecular weight is 446 g/mol. The summed E-state index contributed by atoms with van der Waals surface area (Å²) in [7, 11) is 0. The lowest BCUT2D eigenvalue weighted by molar-refractivity contribution is -0.132. The van der Waals surface area contributed by atoms with E-state index in [0.29, 0.717) is 10.5 Å². The SMILES string of the molecule is O=C(COc1ccc(C2SCCCS2)cc1)N1CC[C@@H](CSc2ccccc2)C1. The summed E-state index contributed by atoms with van der Waals surface area (Å²) in [6, 6.07) is 18.8. The minimum Gasteiger partial charge on any atom is -0.484 e. The third kappa shape index (κ3) is 6.12. The lowest BCUT2D eigenvalue weighted by Crippen LogP contribution is -2.33. The minimum atomic E-state index is 0.0969. The molecule has 0 unspecified atom stereocenters. The number of thioether (sulfide) groups is 3. The zero-order chi connectivity index (χ0) is 19.9. The fourth-order valence-electron chi connectivity index (χ4n) is 3.56. The van der Waals surface area contributed by atoms with Gasteiger partial charge in [0, 0.05) is 23.7 Å². The minimum absolute atomic E-state index is 0.0969.